The second-order valence-corrected chi connectivity index (χ2v) is 3.68. The number of anilines is 1. The predicted molar refractivity (Wildman–Crippen MR) is 58.7 cm³/mol. The third-order valence-corrected chi connectivity index (χ3v) is 2.58. The number of nitroso groups, excluding NO2 is 1. The van der Waals surface area contributed by atoms with Crippen molar-refractivity contribution in [3.05, 3.63) is 28.9 Å². The number of carbonyl (C=O) groups is 1. The van der Waals surface area contributed by atoms with Crippen molar-refractivity contribution in [3.8, 4) is 0 Å². The molecule has 16 heavy (non-hydrogen) atoms. The molecule has 1 aromatic heterocycles. The lowest BCUT2D eigenvalue weighted by Gasteiger charge is -2.15. The summed E-state index contributed by atoms with van der Waals surface area (Å²) in [6, 6.07) is 3.10. The standard InChI is InChI=1S/C10H12N4O2/c11-4-7-1-2-9(5-12-7)14-6-8(13-16)3-10(14)15/h1-2,5,8H,3-4,6,11H2. The smallest absolute Gasteiger partial charge is 0.229 e. The minimum atomic E-state index is -0.443. The molecule has 0 aliphatic carbocycles. The molecule has 1 aliphatic rings. The Balaban J connectivity index is 2.17. The normalized spacial score (nSPS) is 20.2. The fourth-order valence-electron chi connectivity index (χ4n) is 1.71. The average Bonchev–Trinajstić information content (AvgIpc) is 2.71. The van der Waals surface area contributed by atoms with E-state index in [1.807, 2.05) is 0 Å². The molecule has 84 valence electrons. The maximum absolute atomic E-state index is 11.6. The van der Waals surface area contributed by atoms with E-state index in [1.165, 1.54) is 4.90 Å². The Morgan fingerprint density at radius 3 is 2.88 bits per heavy atom. The molecule has 1 amide bonds. The van der Waals surface area contributed by atoms with E-state index < -0.39 is 6.04 Å². The highest BCUT2D eigenvalue weighted by atomic mass is 16.3. The topological polar surface area (TPSA) is 88.6 Å². The van der Waals surface area contributed by atoms with E-state index in [4.69, 9.17) is 5.73 Å². The summed E-state index contributed by atoms with van der Waals surface area (Å²) >= 11 is 0. The number of nitrogens with two attached hydrogens (primary N) is 1. The Bertz CT molecular complexity index is 404. The number of aromatic nitrogens is 1. The molecule has 0 radical (unpaired) electrons. The Morgan fingerprint density at radius 1 is 1.56 bits per heavy atom. The van der Waals surface area contributed by atoms with Crippen LogP contribution in [-0.2, 0) is 11.3 Å². The van der Waals surface area contributed by atoms with E-state index >= 15 is 0 Å². The zero-order valence-corrected chi connectivity index (χ0v) is 8.67. The van der Waals surface area contributed by atoms with Gasteiger partial charge in [-0.1, -0.05) is 5.18 Å². The van der Waals surface area contributed by atoms with Crippen molar-refractivity contribution < 1.29 is 4.79 Å². The average molecular weight is 220 g/mol. The monoisotopic (exact) mass is 220 g/mol. The van der Waals surface area contributed by atoms with Gasteiger partial charge in [0.25, 0.3) is 0 Å². The minimum absolute atomic E-state index is 0.0908. The van der Waals surface area contributed by atoms with Gasteiger partial charge in [0.2, 0.25) is 5.91 Å². The van der Waals surface area contributed by atoms with E-state index in [9.17, 15) is 9.70 Å². The molecule has 0 bridgehead atoms. The zero-order chi connectivity index (χ0) is 11.5. The van der Waals surface area contributed by atoms with E-state index in [1.54, 1.807) is 18.3 Å². The van der Waals surface area contributed by atoms with Crippen LogP contribution in [0, 0.1) is 4.91 Å². The van der Waals surface area contributed by atoms with Crippen molar-refractivity contribution in [2.45, 2.75) is 19.0 Å². The minimum Gasteiger partial charge on any atom is -0.325 e. The Kier molecular flexibility index (Phi) is 2.91. The lowest BCUT2D eigenvalue weighted by Crippen LogP contribution is -2.25. The highest BCUT2D eigenvalue weighted by molar-refractivity contribution is 5.96. The van der Waals surface area contributed by atoms with Crippen molar-refractivity contribution in [2.24, 2.45) is 10.9 Å². The molecule has 2 heterocycles. The first-order valence-electron chi connectivity index (χ1n) is 5.02. The molecule has 2 rings (SSSR count). The molecule has 1 atom stereocenters. The van der Waals surface area contributed by atoms with Gasteiger partial charge >= 0.3 is 0 Å². The van der Waals surface area contributed by atoms with E-state index in [-0.39, 0.29) is 12.3 Å². The molecule has 6 heteroatoms. The lowest BCUT2D eigenvalue weighted by atomic mass is 10.3. The number of hydrogen-bond donors (Lipinski definition) is 1. The number of hydrogen-bond acceptors (Lipinski definition) is 5. The summed E-state index contributed by atoms with van der Waals surface area (Å²) in [6.07, 6.45) is 1.77. The van der Waals surface area contributed by atoms with Gasteiger partial charge in [0.1, 0.15) is 6.04 Å². The molecular formula is C10H12N4O2. The summed E-state index contributed by atoms with van der Waals surface area (Å²) in [6.45, 7) is 0.707. The fraction of sp³-hybridized carbons (Fsp3) is 0.400. The highest BCUT2D eigenvalue weighted by Crippen LogP contribution is 2.22. The van der Waals surface area contributed by atoms with Crippen LogP contribution in [0.1, 0.15) is 12.1 Å². The third kappa shape index (κ3) is 1.92. The second-order valence-electron chi connectivity index (χ2n) is 3.68. The summed E-state index contributed by atoms with van der Waals surface area (Å²) in [5.74, 6) is -0.0908. The van der Waals surface area contributed by atoms with Crippen LogP contribution in [0.5, 0.6) is 0 Å². The van der Waals surface area contributed by atoms with E-state index in [0.717, 1.165) is 5.69 Å². The summed E-state index contributed by atoms with van der Waals surface area (Å²) in [5, 5.41) is 2.89. The molecule has 1 unspecified atom stereocenters. The van der Waals surface area contributed by atoms with Gasteiger partial charge in [-0.3, -0.25) is 9.78 Å². The van der Waals surface area contributed by atoms with Gasteiger partial charge in [-0.25, -0.2) is 0 Å². The fourth-order valence-corrected chi connectivity index (χ4v) is 1.71. The van der Waals surface area contributed by atoms with Crippen molar-refractivity contribution in [3.63, 3.8) is 0 Å². The number of rotatable bonds is 3. The summed E-state index contributed by atoms with van der Waals surface area (Å²) in [7, 11) is 0. The number of pyridine rings is 1. The van der Waals surface area contributed by atoms with Gasteiger partial charge < -0.3 is 10.6 Å². The molecule has 1 fully saturated rings. The molecule has 2 N–H and O–H groups in total. The van der Waals surface area contributed by atoms with Crippen LogP contribution >= 0.6 is 0 Å². The molecular weight excluding hydrogens is 208 g/mol. The quantitative estimate of drug-likeness (QED) is 0.747. The van der Waals surface area contributed by atoms with Crippen LogP contribution in [0.2, 0.25) is 0 Å². The van der Waals surface area contributed by atoms with Crippen molar-refractivity contribution in [2.75, 3.05) is 11.4 Å². The summed E-state index contributed by atoms with van der Waals surface area (Å²) in [5.41, 5.74) is 6.88. The first-order chi connectivity index (χ1) is 7.74. The third-order valence-electron chi connectivity index (χ3n) is 2.58. The molecule has 0 aromatic carbocycles. The van der Waals surface area contributed by atoms with Crippen LogP contribution < -0.4 is 10.6 Å². The molecule has 0 spiro atoms. The Morgan fingerprint density at radius 2 is 2.38 bits per heavy atom. The highest BCUT2D eigenvalue weighted by Gasteiger charge is 2.31. The lowest BCUT2D eigenvalue weighted by molar-refractivity contribution is -0.117. The Hall–Kier alpha value is -1.82. The SMILES string of the molecule is NCc1ccc(N2CC(N=O)CC2=O)cn1. The van der Waals surface area contributed by atoms with Crippen molar-refractivity contribution in [1.29, 1.82) is 0 Å². The predicted octanol–water partition coefficient (Wildman–Crippen LogP) is 0.412. The molecule has 1 aliphatic heterocycles. The molecule has 6 nitrogen and oxygen atoms in total. The van der Waals surface area contributed by atoms with Gasteiger partial charge in [-0.2, -0.15) is 4.91 Å². The van der Waals surface area contributed by atoms with Crippen molar-refractivity contribution >= 4 is 11.6 Å². The maximum atomic E-state index is 11.6. The number of carbonyl (C=O) groups excluding carboxylic acids is 1. The van der Waals surface area contributed by atoms with Crippen LogP contribution in [0.25, 0.3) is 0 Å². The Labute approximate surface area is 92.4 Å². The van der Waals surface area contributed by atoms with Gasteiger partial charge in [-0.15, -0.1) is 0 Å². The van der Waals surface area contributed by atoms with E-state index in [0.29, 0.717) is 18.8 Å². The van der Waals surface area contributed by atoms with Gasteiger partial charge in [-0.05, 0) is 12.1 Å². The van der Waals surface area contributed by atoms with Gasteiger partial charge in [0.15, 0.2) is 0 Å². The van der Waals surface area contributed by atoms with Gasteiger partial charge in [0, 0.05) is 6.54 Å². The zero-order valence-electron chi connectivity index (χ0n) is 8.67. The number of nitrogens with zero attached hydrogens (tertiary/aromatic N) is 3. The van der Waals surface area contributed by atoms with Crippen molar-refractivity contribution in [1.82, 2.24) is 4.98 Å². The van der Waals surface area contributed by atoms with Crippen LogP contribution in [0.3, 0.4) is 0 Å². The van der Waals surface area contributed by atoms with Crippen LogP contribution in [0.15, 0.2) is 23.5 Å². The molecule has 0 saturated carbocycles. The largest absolute Gasteiger partial charge is 0.325 e. The van der Waals surface area contributed by atoms with Crippen LogP contribution in [0.4, 0.5) is 5.69 Å². The van der Waals surface area contributed by atoms with Gasteiger partial charge in [0.05, 0.1) is 30.5 Å². The first-order valence-corrected chi connectivity index (χ1v) is 5.02. The second kappa shape index (κ2) is 4.36. The first kappa shape index (κ1) is 10.7. The number of amides is 1. The molecule has 1 aromatic rings. The summed E-state index contributed by atoms with van der Waals surface area (Å²) < 4.78 is 0. The van der Waals surface area contributed by atoms with E-state index in [2.05, 4.69) is 10.2 Å². The summed E-state index contributed by atoms with van der Waals surface area (Å²) in [4.78, 5) is 27.6. The molecule has 1 saturated heterocycles. The maximum Gasteiger partial charge on any atom is 0.229 e. The van der Waals surface area contributed by atoms with Crippen LogP contribution in [-0.4, -0.2) is 23.5 Å².